The highest BCUT2D eigenvalue weighted by atomic mass is 16.7. The second kappa shape index (κ2) is 3.03. The number of carbonyl (C=O) groups excluding carboxylic acids is 1. The van der Waals surface area contributed by atoms with Crippen molar-refractivity contribution in [3.63, 3.8) is 0 Å². The Balaban J connectivity index is 1.95. The van der Waals surface area contributed by atoms with Gasteiger partial charge in [-0.1, -0.05) is 0 Å². The van der Waals surface area contributed by atoms with E-state index in [4.69, 9.17) is 14.2 Å². The Morgan fingerprint density at radius 2 is 2.33 bits per heavy atom. The Morgan fingerprint density at radius 1 is 1.50 bits per heavy atom. The molecule has 2 aliphatic heterocycles. The molecular formula is C8H12O4. The van der Waals surface area contributed by atoms with E-state index in [-0.39, 0.29) is 24.3 Å². The van der Waals surface area contributed by atoms with Crippen LogP contribution in [0.4, 0.5) is 0 Å². The largest absolute Gasteiger partial charge is 0.460 e. The summed E-state index contributed by atoms with van der Waals surface area (Å²) in [6.45, 7) is 2.62. The van der Waals surface area contributed by atoms with Crippen molar-refractivity contribution in [1.82, 2.24) is 0 Å². The van der Waals surface area contributed by atoms with Crippen LogP contribution in [0.15, 0.2) is 0 Å². The normalized spacial score (nSPS) is 39.6. The smallest absolute Gasteiger partial charge is 0.302 e. The van der Waals surface area contributed by atoms with Crippen molar-refractivity contribution >= 4 is 5.97 Å². The SMILES string of the molecule is CC(=O)O[C@H]1CO[C@@H]2OCCC21. The maximum atomic E-state index is 10.7. The summed E-state index contributed by atoms with van der Waals surface area (Å²) in [5, 5.41) is 0. The predicted octanol–water partition coefficient (Wildman–Crippen LogP) is 0.311. The monoisotopic (exact) mass is 172 g/mol. The van der Waals surface area contributed by atoms with E-state index in [1.165, 1.54) is 6.92 Å². The van der Waals surface area contributed by atoms with Gasteiger partial charge in [0.2, 0.25) is 0 Å². The van der Waals surface area contributed by atoms with Crippen LogP contribution < -0.4 is 0 Å². The molecule has 2 heterocycles. The maximum absolute atomic E-state index is 10.7. The molecule has 0 amide bonds. The summed E-state index contributed by atoms with van der Waals surface area (Å²) in [4.78, 5) is 10.7. The van der Waals surface area contributed by atoms with E-state index in [9.17, 15) is 4.79 Å². The van der Waals surface area contributed by atoms with Crippen molar-refractivity contribution in [2.75, 3.05) is 13.2 Å². The molecule has 2 aliphatic rings. The van der Waals surface area contributed by atoms with Crippen molar-refractivity contribution in [3.05, 3.63) is 0 Å². The van der Waals surface area contributed by atoms with E-state index < -0.39 is 0 Å². The van der Waals surface area contributed by atoms with Gasteiger partial charge >= 0.3 is 5.97 Å². The van der Waals surface area contributed by atoms with Gasteiger partial charge in [0.1, 0.15) is 6.10 Å². The van der Waals surface area contributed by atoms with Crippen LogP contribution in [0.25, 0.3) is 0 Å². The zero-order chi connectivity index (χ0) is 8.55. The molecule has 2 rings (SSSR count). The van der Waals surface area contributed by atoms with E-state index in [2.05, 4.69) is 0 Å². The minimum absolute atomic E-state index is 0.0880. The Labute approximate surface area is 70.8 Å². The number of hydrogen-bond acceptors (Lipinski definition) is 4. The van der Waals surface area contributed by atoms with Crippen molar-refractivity contribution in [1.29, 1.82) is 0 Å². The summed E-state index contributed by atoms with van der Waals surface area (Å²) in [6, 6.07) is 0. The lowest BCUT2D eigenvalue weighted by Crippen LogP contribution is -2.25. The van der Waals surface area contributed by atoms with Crippen molar-refractivity contribution in [2.45, 2.75) is 25.7 Å². The molecule has 0 aromatic heterocycles. The summed E-state index contributed by atoms with van der Waals surface area (Å²) in [5.74, 6) is 0.0186. The van der Waals surface area contributed by atoms with E-state index in [1.54, 1.807) is 0 Å². The van der Waals surface area contributed by atoms with Crippen LogP contribution in [-0.4, -0.2) is 31.6 Å². The van der Waals surface area contributed by atoms with Gasteiger partial charge in [0.15, 0.2) is 6.29 Å². The Bertz CT molecular complexity index is 191. The zero-order valence-corrected chi connectivity index (χ0v) is 6.99. The molecule has 0 aromatic rings. The van der Waals surface area contributed by atoms with E-state index >= 15 is 0 Å². The molecule has 12 heavy (non-hydrogen) atoms. The lowest BCUT2D eigenvalue weighted by molar-refractivity contribution is -0.147. The molecule has 0 aromatic carbocycles. The van der Waals surface area contributed by atoms with Gasteiger partial charge in [-0.2, -0.15) is 0 Å². The highest BCUT2D eigenvalue weighted by molar-refractivity contribution is 5.66. The second-order valence-corrected chi connectivity index (χ2v) is 3.17. The van der Waals surface area contributed by atoms with Crippen molar-refractivity contribution in [2.24, 2.45) is 5.92 Å². The van der Waals surface area contributed by atoms with Crippen LogP contribution in [-0.2, 0) is 19.0 Å². The highest BCUT2D eigenvalue weighted by Gasteiger charge is 2.43. The fourth-order valence-corrected chi connectivity index (χ4v) is 1.76. The molecule has 2 saturated heterocycles. The Hall–Kier alpha value is -0.610. The van der Waals surface area contributed by atoms with Crippen LogP contribution in [0.5, 0.6) is 0 Å². The van der Waals surface area contributed by atoms with Gasteiger partial charge in [-0.25, -0.2) is 0 Å². The number of hydrogen-bond donors (Lipinski definition) is 0. The summed E-state index contributed by atoms with van der Waals surface area (Å²) < 4.78 is 15.6. The van der Waals surface area contributed by atoms with Crippen LogP contribution in [0.1, 0.15) is 13.3 Å². The standard InChI is InChI=1S/C8H12O4/c1-5(9)12-7-4-11-8-6(7)2-3-10-8/h6-8H,2-4H2,1H3/t6?,7-,8-/m0/s1. The minimum Gasteiger partial charge on any atom is -0.460 e. The molecule has 0 N–H and O–H groups in total. The molecule has 0 spiro atoms. The van der Waals surface area contributed by atoms with Gasteiger partial charge in [0.05, 0.1) is 19.1 Å². The van der Waals surface area contributed by atoms with Crippen molar-refractivity contribution in [3.8, 4) is 0 Å². The topological polar surface area (TPSA) is 44.8 Å². The van der Waals surface area contributed by atoms with Crippen LogP contribution in [0.2, 0.25) is 0 Å². The van der Waals surface area contributed by atoms with E-state index in [1.807, 2.05) is 0 Å². The quantitative estimate of drug-likeness (QED) is 0.534. The Morgan fingerprint density at radius 3 is 3.08 bits per heavy atom. The van der Waals surface area contributed by atoms with Gasteiger partial charge in [-0.05, 0) is 6.42 Å². The van der Waals surface area contributed by atoms with Crippen LogP contribution in [0, 0.1) is 5.92 Å². The maximum Gasteiger partial charge on any atom is 0.302 e. The lowest BCUT2D eigenvalue weighted by Gasteiger charge is -2.13. The third-order valence-corrected chi connectivity index (χ3v) is 2.30. The summed E-state index contributed by atoms with van der Waals surface area (Å²) >= 11 is 0. The van der Waals surface area contributed by atoms with E-state index in [0.717, 1.165) is 6.42 Å². The molecule has 68 valence electrons. The molecular weight excluding hydrogens is 160 g/mol. The molecule has 0 aliphatic carbocycles. The first-order valence-corrected chi connectivity index (χ1v) is 4.18. The predicted molar refractivity (Wildman–Crippen MR) is 39.4 cm³/mol. The lowest BCUT2D eigenvalue weighted by atomic mass is 10.0. The number of rotatable bonds is 1. The van der Waals surface area contributed by atoms with Gasteiger partial charge in [-0.3, -0.25) is 4.79 Å². The molecule has 3 atom stereocenters. The number of ether oxygens (including phenoxy) is 3. The fourth-order valence-electron chi connectivity index (χ4n) is 1.76. The third kappa shape index (κ3) is 1.32. The van der Waals surface area contributed by atoms with Crippen LogP contribution in [0.3, 0.4) is 0 Å². The molecule has 0 saturated carbocycles. The summed E-state index contributed by atoms with van der Waals surface area (Å²) in [7, 11) is 0. The molecule has 0 bridgehead atoms. The average Bonchev–Trinajstić information content (AvgIpc) is 2.52. The molecule has 0 radical (unpaired) electrons. The van der Waals surface area contributed by atoms with E-state index in [0.29, 0.717) is 13.2 Å². The molecule has 4 heteroatoms. The zero-order valence-electron chi connectivity index (χ0n) is 6.99. The average molecular weight is 172 g/mol. The molecule has 4 nitrogen and oxygen atoms in total. The van der Waals surface area contributed by atoms with Gasteiger partial charge in [-0.15, -0.1) is 0 Å². The second-order valence-electron chi connectivity index (χ2n) is 3.17. The number of fused-ring (bicyclic) bond motifs is 1. The van der Waals surface area contributed by atoms with Gasteiger partial charge in [0.25, 0.3) is 0 Å². The third-order valence-electron chi connectivity index (χ3n) is 2.30. The molecule has 2 fully saturated rings. The molecule has 1 unspecified atom stereocenters. The van der Waals surface area contributed by atoms with Gasteiger partial charge < -0.3 is 14.2 Å². The first-order valence-electron chi connectivity index (χ1n) is 4.18. The van der Waals surface area contributed by atoms with Crippen LogP contribution >= 0.6 is 0 Å². The first kappa shape index (κ1) is 8.01. The summed E-state index contributed by atoms with van der Waals surface area (Å²) in [6.07, 6.45) is 0.715. The minimum atomic E-state index is -0.240. The van der Waals surface area contributed by atoms with Crippen molar-refractivity contribution < 1.29 is 19.0 Å². The first-order chi connectivity index (χ1) is 5.77. The van der Waals surface area contributed by atoms with Gasteiger partial charge in [0, 0.05) is 6.92 Å². The number of carbonyl (C=O) groups is 1. The summed E-state index contributed by atoms with van der Waals surface area (Å²) in [5.41, 5.74) is 0. The number of esters is 1. The Kier molecular flexibility index (Phi) is 2.02. The fraction of sp³-hybridized carbons (Fsp3) is 0.875. The highest BCUT2D eigenvalue weighted by Crippen LogP contribution is 2.32.